The summed E-state index contributed by atoms with van der Waals surface area (Å²) >= 11 is 0. The van der Waals surface area contributed by atoms with Crippen LogP contribution in [-0.4, -0.2) is 13.7 Å². The molecule has 0 aliphatic carbocycles. The van der Waals surface area contributed by atoms with Gasteiger partial charge in [-0.05, 0) is 18.2 Å². The van der Waals surface area contributed by atoms with E-state index in [9.17, 15) is 0 Å². The van der Waals surface area contributed by atoms with E-state index in [1.165, 1.54) is 5.56 Å². The largest absolute Gasteiger partial charge is 0.497 e. The van der Waals surface area contributed by atoms with Gasteiger partial charge in [0.05, 0.1) is 13.7 Å². The zero-order valence-electron chi connectivity index (χ0n) is 7.33. The van der Waals surface area contributed by atoms with Crippen molar-refractivity contribution >= 4 is 0 Å². The Morgan fingerprint density at radius 1 is 1.50 bits per heavy atom. The molecule has 2 nitrogen and oxygen atoms in total. The fraction of sp³-hybridized carbons (Fsp3) is 0.400. The third kappa shape index (κ3) is 1.04. The SMILES string of the molecule is COc1ccc2c(c1)C(C)CO2. The first-order valence-corrected chi connectivity index (χ1v) is 4.12. The third-order valence-corrected chi connectivity index (χ3v) is 2.24. The molecule has 0 aromatic heterocycles. The molecule has 0 saturated heterocycles. The second-order valence-electron chi connectivity index (χ2n) is 3.12. The molecule has 1 aromatic carbocycles. The summed E-state index contributed by atoms with van der Waals surface area (Å²) in [4.78, 5) is 0. The van der Waals surface area contributed by atoms with Crippen molar-refractivity contribution < 1.29 is 9.47 Å². The van der Waals surface area contributed by atoms with Gasteiger partial charge in [-0.1, -0.05) is 6.92 Å². The maximum atomic E-state index is 5.45. The predicted molar refractivity (Wildman–Crippen MR) is 46.9 cm³/mol. The van der Waals surface area contributed by atoms with Crippen molar-refractivity contribution in [1.82, 2.24) is 0 Å². The Bertz CT molecular complexity index is 294. The zero-order chi connectivity index (χ0) is 8.55. The van der Waals surface area contributed by atoms with Crippen LogP contribution < -0.4 is 9.47 Å². The van der Waals surface area contributed by atoms with Gasteiger partial charge in [0.2, 0.25) is 0 Å². The van der Waals surface area contributed by atoms with Crippen LogP contribution in [0.1, 0.15) is 18.4 Å². The van der Waals surface area contributed by atoms with Gasteiger partial charge in [-0.15, -0.1) is 0 Å². The lowest BCUT2D eigenvalue weighted by atomic mass is 10.0. The smallest absolute Gasteiger partial charge is 0.123 e. The Balaban J connectivity index is 2.43. The lowest BCUT2D eigenvalue weighted by molar-refractivity contribution is 0.337. The number of methoxy groups -OCH3 is 1. The molecule has 1 unspecified atom stereocenters. The van der Waals surface area contributed by atoms with E-state index in [0.29, 0.717) is 5.92 Å². The van der Waals surface area contributed by atoms with E-state index in [1.54, 1.807) is 7.11 Å². The highest BCUT2D eigenvalue weighted by atomic mass is 16.5. The summed E-state index contributed by atoms with van der Waals surface area (Å²) in [7, 11) is 1.68. The summed E-state index contributed by atoms with van der Waals surface area (Å²) in [5.74, 6) is 2.41. The van der Waals surface area contributed by atoms with Gasteiger partial charge >= 0.3 is 0 Å². The predicted octanol–water partition coefficient (Wildman–Crippen LogP) is 2.19. The molecule has 1 atom stereocenters. The molecule has 2 rings (SSSR count). The summed E-state index contributed by atoms with van der Waals surface area (Å²) < 4.78 is 10.6. The highest BCUT2D eigenvalue weighted by Gasteiger charge is 2.19. The molecule has 0 fully saturated rings. The molecular formula is C10H12O2. The Labute approximate surface area is 72.1 Å². The van der Waals surface area contributed by atoms with E-state index in [-0.39, 0.29) is 0 Å². The average Bonchev–Trinajstić information content (AvgIpc) is 2.47. The fourth-order valence-electron chi connectivity index (χ4n) is 1.47. The van der Waals surface area contributed by atoms with Gasteiger partial charge in [-0.25, -0.2) is 0 Å². The Hall–Kier alpha value is -1.18. The average molecular weight is 164 g/mol. The first kappa shape index (κ1) is 7.47. The second kappa shape index (κ2) is 2.70. The van der Waals surface area contributed by atoms with Crippen molar-refractivity contribution in [2.24, 2.45) is 0 Å². The van der Waals surface area contributed by atoms with E-state index in [0.717, 1.165) is 18.1 Å². The highest BCUT2D eigenvalue weighted by molar-refractivity contribution is 5.44. The second-order valence-corrected chi connectivity index (χ2v) is 3.12. The first-order chi connectivity index (χ1) is 5.81. The third-order valence-electron chi connectivity index (χ3n) is 2.24. The minimum absolute atomic E-state index is 0.495. The van der Waals surface area contributed by atoms with Gasteiger partial charge in [0.1, 0.15) is 11.5 Å². The minimum atomic E-state index is 0.495. The summed E-state index contributed by atoms with van der Waals surface area (Å²) in [6.45, 7) is 2.95. The van der Waals surface area contributed by atoms with Crippen LogP contribution >= 0.6 is 0 Å². The van der Waals surface area contributed by atoms with Crippen molar-refractivity contribution in [2.45, 2.75) is 12.8 Å². The lowest BCUT2D eigenvalue weighted by Gasteiger charge is -2.03. The number of fused-ring (bicyclic) bond motifs is 1. The Morgan fingerprint density at radius 2 is 2.33 bits per heavy atom. The molecule has 0 radical (unpaired) electrons. The number of hydrogen-bond acceptors (Lipinski definition) is 2. The van der Waals surface area contributed by atoms with Crippen LogP contribution in [-0.2, 0) is 0 Å². The van der Waals surface area contributed by atoms with Crippen molar-refractivity contribution in [3.8, 4) is 11.5 Å². The van der Waals surface area contributed by atoms with Gasteiger partial charge in [0.25, 0.3) is 0 Å². The van der Waals surface area contributed by atoms with Gasteiger partial charge in [0, 0.05) is 11.5 Å². The van der Waals surface area contributed by atoms with E-state index in [1.807, 2.05) is 18.2 Å². The normalized spacial score (nSPS) is 20.0. The quantitative estimate of drug-likeness (QED) is 0.633. The van der Waals surface area contributed by atoms with E-state index >= 15 is 0 Å². The summed E-state index contributed by atoms with van der Waals surface area (Å²) in [6.07, 6.45) is 0. The maximum absolute atomic E-state index is 5.45. The Kier molecular flexibility index (Phi) is 1.68. The minimum Gasteiger partial charge on any atom is -0.497 e. The van der Waals surface area contributed by atoms with Crippen LogP contribution in [0.3, 0.4) is 0 Å². The van der Waals surface area contributed by atoms with Crippen LogP contribution in [0, 0.1) is 0 Å². The molecule has 1 aliphatic heterocycles. The summed E-state index contributed by atoms with van der Waals surface area (Å²) in [5, 5.41) is 0. The van der Waals surface area contributed by atoms with Crippen molar-refractivity contribution in [3.05, 3.63) is 23.8 Å². The summed E-state index contributed by atoms with van der Waals surface area (Å²) in [5.41, 5.74) is 1.26. The maximum Gasteiger partial charge on any atom is 0.123 e. The first-order valence-electron chi connectivity index (χ1n) is 4.12. The molecule has 64 valence electrons. The van der Waals surface area contributed by atoms with E-state index in [2.05, 4.69) is 6.92 Å². The number of rotatable bonds is 1. The molecule has 2 heteroatoms. The van der Waals surface area contributed by atoms with Gasteiger partial charge in [-0.3, -0.25) is 0 Å². The van der Waals surface area contributed by atoms with Crippen LogP contribution in [0.15, 0.2) is 18.2 Å². The highest BCUT2D eigenvalue weighted by Crippen LogP contribution is 2.35. The van der Waals surface area contributed by atoms with Crippen LogP contribution in [0.25, 0.3) is 0 Å². The van der Waals surface area contributed by atoms with Crippen LogP contribution in [0.2, 0.25) is 0 Å². The molecule has 0 N–H and O–H groups in total. The fourth-order valence-corrected chi connectivity index (χ4v) is 1.47. The molecule has 1 heterocycles. The molecule has 1 aromatic rings. The number of benzene rings is 1. The van der Waals surface area contributed by atoms with Crippen molar-refractivity contribution in [1.29, 1.82) is 0 Å². The van der Waals surface area contributed by atoms with Crippen molar-refractivity contribution in [3.63, 3.8) is 0 Å². The zero-order valence-corrected chi connectivity index (χ0v) is 7.33. The lowest BCUT2D eigenvalue weighted by Crippen LogP contribution is -1.93. The van der Waals surface area contributed by atoms with Crippen LogP contribution in [0.4, 0.5) is 0 Å². The van der Waals surface area contributed by atoms with E-state index < -0.39 is 0 Å². The molecule has 0 bridgehead atoms. The number of ether oxygens (including phenoxy) is 2. The topological polar surface area (TPSA) is 18.5 Å². The van der Waals surface area contributed by atoms with E-state index in [4.69, 9.17) is 9.47 Å². The molecular weight excluding hydrogens is 152 g/mol. The van der Waals surface area contributed by atoms with Crippen LogP contribution in [0.5, 0.6) is 11.5 Å². The molecule has 1 aliphatic rings. The van der Waals surface area contributed by atoms with Gasteiger partial charge < -0.3 is 9.47 Å². The van der Waals surface area contributed by atoms with Gasteiger partial charge in [0.15, 0.2) is 0 Å². The monoisotopic (exact) mass is 164 g/mol. The molecule has 0 spiro atoms. The molecule has 0 saturated carbocycles. The molecule has 12 heavy (non-hydrogen) atoms. The standard InChI is InChI=1S/C10H12O2/c1-7-6-12-10-4-3-8(11-2)5-9(7)10/h3-5,7H,6H2,1-2H3. The number of hydrogen-bond donors (Lipinski definition) is 0. The molecule has 0 amide bonds. The van der Waals surface area contributed by atoms with Gasteiger partial charge in [-0.2, -0.15) is 0 Å². The summed E-state index contributed by atoms with van der Waals surface area (Å²) in [6, 6.07) is 5.95. The Morgan fingerprint density at radius 3 is 3.08 bits per heavy atom. The van der Waals surface area contributed by atoms with Crippen molar-refractivity contribution in [2.75, 3.05) is 13.7 Å².